The van der Waals surface area contributed by atoms with Gasteiger partial charge in [-0.05, 0) is 36.6 Å². The second-order valence-corrected chi connectivity index (χ2v) is 4.68. The third kappa shape index (κ3) is 3.35. The van der Waals surface area contributed by atoms with E-state index >= 15 is 0 Å². The molecule has 2 heterocycles. The summed E-state index contributed by atoms with van der Waals surface area (Å²) in [6, 6.07) is 4.13. The highest BCUT2D eigenvalue weighted by atomic mass is 35.5. The van der Waals surface area contributed by atoms with Gasteiger partial charge in [-0.3, -0.25) is 4.90 Å². The molecule has 0 saturated carbocycles. The van der Waals surface area contributed by atoms with Crippen molar-refractivity contribution in [1.29, 1.82) is 0 Å². The van der Waals surface area contributed by atoms with Crippen LogP contribution in [0.1, 0.15) is 24.6 Å². The van der Waals surface area contributed by atoms with Crippen molar-refractivity contribution in [2.24, 2.45) is 0 Å². The molecular formula is C13H19ClN2O. The number of nitrogens with one attached hydrogen (secondary N) is 1. The van der Waals surface area contributed by atoms with Crippen LogP contribution in [0.15, 0.2) is 29.2 Å². The van der Waals surface area contributed by atoms with Crippen LogP contribution in [0, 0.1) is 0 Å². The molecule has 1 aliphatic rings. The topological polar surface area (TPSA) is 28.4 Å². The van der Waals surface area contributed by atoms with Gasteiger partial charge in [0.1, 0.15) is 5.76 Å². The third-order valence-corrected chi connectivity index (χ3v) is 3.36. The van der Waals surface area contributed by atoms with Crippen LogP contribution in [0.2, 0.25) is 5.22 Å². The molecule has 4 heteroatoms. The number of allylic oxidation sites excluding steroid dienone is 1. The van der Waals surface area contributed by atoms with Crippen molar-refractivity contribution in [1.82, 2.24) is 10.2 Å². The van der Waals surface area contributed by atoms with Gasteiger partial charge in [0, 0.05) is 26.2 Å². The van der Waals surface area contributed by atoms with Gasteiger partial charge in [0.15, 0.2) is 5.22 Å². The van der Waals surface area contributed by atoms with Crippen LogP contribution in [-0.2, 0) is 0 Å². The average molecular weight is 255 g/mol. The molecule has 17 heavy (non-hydrogen) atoms. The van der Waals surface area contributed by atoms with Crippen LogP contribution >= 0.6 is 11.6 Å². The molecule has 0 aliphatic carbocycles. The first-order chi connectivity index (χ1) is 8.31. The Morgan fingerprint density at radius 3 is 2.82 bits per heavy atom. The van der Waals surface area contributed by atoms with Crippen molar-refractivity contribution < 1.29 is 4.42 Å². The van der Waals surface area contributed by atoms with Crippen LogP contribution in [0.5, 0.6) is 0 Å². The Kier molecular flexibility index (Phi) is 4.66. The third-order valence-electron chi connectivity index (χ3n) is 3.16. The maximum Gasteiger partial charge on any atom is 0.193 e. The SMILES string of the molecule is C=CCC[C@H](c1ccc(Cl)o1)N1CCNCC1. The Balaban J connectivity index is 2.08. The number of nitrogens with zero attached hydrogens (tertiary/aromatic N) is 1. The highest BCUT2D eigenvalue weighted by Crippen LogP contribution is 2.29. The fourth-order valence-corrected chi connectivity index (χ4v) is 2.43. The Morgan fingerprint density at radius 1 is 1.47 bits per heavy atom. The smallest absolute Gasteiger partial charge is 0.193 e. The van der Waals surface area contributed by atoms with Gasteiger partial charge in [0.2, 0.25) is 0 Å². The average Bonchev–Trinajstić information content (AvgIpc) is 2.78. The van der Waals surface area contributed by atoms with Crippen LogP contribution in [-0.4, -0.2) is 31.1 Å². The molecule has 0 amide bonds. The molecule has 94 valence electrons. The minimum Gasteiger partial charge on any atom is -0.448 e. The molecule has 0 radical (unpaired) electrons. The largest absolute Gasteiger partial charge is 0.448 e. The minimum absolute atomic E-state index is 0.322. The van der Waals surface area contributed by atoms with E-state index in [1.165, 1.54) is 0 Å². The number of furan rings is 1. The van der Waals surface area contributed by atoms with Gasteiger partial charge in [0.05, 0.1) is 6.04 Å². The van der Waals surface area contributed by atoms with Crippen molar-refractivity contribution in [3.63, 3.8) is 0 Å². The van der Waals surface area contributed by atoms with Crippen molar-refractivity contribution in [3.8, 4) is 0 Å². The van der Waals surface area contributed by atoms with E-state index in [-0.39, 0.29) is 0 Å². The summed E-state index contributed by atoms with van der Waals surface area (Å²) in [4.78, 5) is 2.45. The Bertz CT molecular complexity index is 358. The van der Waals surface area contributed by atoms with E-state index < -0.39 is 0 Å². The second-order valence-electron chi connectivity index (χ2n) is 4.31. The fraction of sp³-hybridized carbons (Fsp3) is 0.538. The van der Waals surface area contributed by atoms with E-state index in [1.807, 2.05) is 18.2 Å². The standard InChI is InChI=1S/C13H19ClN2O/c1-2-3-4-11(12-5-6-13(14)17-12)16-9-7-15-8-10-16/h2,5-6,11,15H,1,3-4,7-10H2/t11-/m1/s1. The molecule has 0 aromatic carbocycles. The Hall–Kier alpha value is -0.770. The molecule has 0 unspecified atom stereocenters. The van der Waals surface area contributed by atoms with Crippen LogP contribution in [0.4, 0.5) is 0 Å². The molecule has 1 N–H and O–H groups in total. The van der Waals surface area contributed by atoms with Gasteiger partial charge in [-0.25, -0.2) is 0 Å². The molecule has 2 rings (SSSR count). The van der Waals surface area contributed by atoms with Crippen LogP contribution in [0.25, 0.3) is 0 Å². The molecular weight excluding hydrogens is 236 g/mol. The van der Waals surface area contributed by atoms with E-state index in [0.717, 1.165) is 44.8 Å². The number of rotatable bonds is 5. The number of hydrogen-bond acceptors (Lipinski definition) is 3. The Labute approximate surface area is 107 Å². The number of piperazine rings is 1. The minimum atomic E-state index is 0.322. The Morgan fingerprint density at radius 2 is 2.24 bits per heavy atom. The maximum atomic E-state index is 5.86. The van der Waals surface area contributed by atoms with Crippen molar-refractivity contribution in [2.75, 3.05) is 26.2 Å². The molecule has 1 atom stereocenters. The lowest BCUT2D eigenvalue weighted by molar-refractivity contribution is 0.147. The molecule has 0 spiro atoms. The van der Waals surface area contributed by atoms with Gasteiger partial charge in [-0.1, -0.05) is 6.08 Å². The summed E-state index contributed by atoms with van der Waals surface area (Å²) >= 11 is 5.86. The quantitative estimate of drug-likeness (QED) is 0.819. The summed E-state index contributed by atoms with van der Waals surface area (Å²) in [6.45, 7) is 7.98. The maximum absolute atomic E-state index is 5.86. The van der Waals surface area contributed by atoms with Gasteiger partial charge in [-0.2, -0.15) is 0 Å². The van der Waals surface area contributed by atoms with Gasteiger partial charge in [-0.15, -0.1) is 6.58 Å². The molecule has 0 bridgehead atoms. The van der Waals surface area contributed by atoms with E-state index in [2.05, 4.69) is 16.8 Å². The fourth-order valence-electron chi connectivity index (χ4n) is 2.28. The predicted molar refractivity (Wildman–Crippen MR) is 70.3 cm³/mol. The van der Waals surface area contributed by atoms with Crippen LogP contribution < -0.4 is 5.32 Å². The highest BCUT2D eigenvalue weighted by Gasteiger charge is 2.23. The zero-order valence-corrected chi connectivity index (χ0v) is 10.7. The molecule has 1 aromatic heterocycles. The summed E-state index contributed by atoms with van der Waals surface area (Å²) in [6.07, 6.45) is 3.99. The monoisotopic (exact) mass is 254 g/mol. The van der Waals surface area contributed by atoms with Gasteiger partial charge in [0.25, 0.3) is 0 Å². The molecule has 1 aliphatic heterocycles. The van der Waals surface area contributed by atoms with Gasteiger partial charge < -0.3 is 9.73 Å². The summed E-state index contributed by atoms with van der Waals surface area (Å²) in [5.41, 5.74) is 0. The van der Waals surface area contributed by atoms with Gasteiger partial charge >= 0.3 is 0 Å². The predicted octanol–water partition coefficient (Wildman–Crippen LogP) is 2.85. The first kappa shape index (κ1) is 12.7. The molecule has 1 aromatic rings. The number of hydrogen-bond donors (Lipinski definition) is 1. The first-order valence-electron chi connectivity index (χ1n) is 6.12. The number of halogens is 1. The highest BCUT2D eigenvalue weighted by molar-refractivity contribution is 6.28. The zero-order chi connectivity index (χ0) is 12.1. The summed E-state index contributed by atoms with van der Waals surface area (Å²) in [5.74, 6) is 0.971. The summed E-state index contributed by atoms with van der Waals surface area (Å²) in [7, 11) is 0. The van der Waals surface area contributed by atoms with E-state index in [4.69, 9.17) is 16.0 Å². The molecule has 3 nitrogen and oxygen atoms in total. The van der Waals surface area contributed by atoms with Crippen molar-refractivity contribution in [3.05, 3.63) is 35.8 Å². The van der Waals surface area contributed by atoms with E-state index in [0.29, 0.717) is 11.3 Å². The lowest BCUT2D eigenvalue weighted by Crippen LogP contribution is -2.45. The van der Waals surface area contributed by atoms with E-state index in [9.17, 15) is 0 Å². The zero-order valence-electron chi connectivity index (χ0n) is 9.99. The first-order valence-corrected chi connectivity index (χ1v) is 6.50. The van der Waals surface area contributed by atoms with E-state index in [1.54, 1.807) is 0 Å². The second kappa shape index (κ2) is 6.24. The lowest BCUT2D eigenvalue weighted by atomic mass is 10.1. The molecule has 1 saturated heterocycles. The van der Waals surface area contributed by atoms with Crippen molar-refractivity contribution in [2.45, 2.75) is 18.9 Å². The van der Waals surface area contributed by atoms with Crippen molar-refractivity contribution >= 4 is 11.6 Å². The molecule has 1 fully saturated rings. The van der Waals surface area contributed by atoms with Crippen LogP contribution in [0.3, 0.4) is 0 Å². The summed E-state index contributed by atoms with van der Waals surface area (Å²) in [5, 5.41) is 3.83. The summed E-state index contributed by atoms with van der Waals surface area (Å²) < 4.78 is 5.56. The lowest BCUT2D eigenvalue weighted by Gasteiger charge is -2.33. The normalized spacial score (nSPS) is 19.1.